The normalized spacial score (nSPS) is 9.25. The predicted molar refractivity (Wildman–Crippen MR) is 71.0 cm³/mol. The molecule has 2 aromatic heterocycles. The number of ketones is 1. The smallest absolute Gasteiger partial charge is 0.356 e. The van der Waals surface area contributed by atoms with Gasteiger partial charge in [-0.2, -0.15) is 0 Å². The van der Waals surface area contributed by atoms with Crippen LogP contribution < -0.4 is 0 Å². The molecule has 2 heterocycles. The molecule has 0 unspecified atom stereocenters. The lowest BCUT2D eigenvalue weighted by molar-refractivity contribution is 0.0594. The summed E-state index contributed by atoms with van der Waals surface area (Å²) in [7, 11) is 1.25. The molecule has 5 nitrogen and oxygen atoms in total. The zero-order chi connectivity index (χ0) is 14.4. The highest BCUT2D eigenvalue weighted by atomic mass is 16.5. The van der Waals surface area contributed by atoms with Crippen LogP contribution in [0, 0.1) is 11.8 Å². The highest BCUT2D eigenvalue weighted by Crippen LogP contribution is 2.02. The molecule has 0 saturated heterocycles. The van der Waals surface area contributed by atoms with Gasteiger partial charge in [-0.05, 0) is 30.2 Å². The van der Waals surface area contributed by atoms with E-state index in [9.17, 15) is 9.59 Å². The highest BCUT2D eigenvalue weighted by molar-refractivity contribution is 6.08. The molecule has 0 N–H and O–H groups in total. The Hall–Kier alpha value is -3.00. The zero-order valence-corrected chi connectivity index (χ0v) is 10.7. The lowest BCUT2D eigenvalue weighted by Gasteiger charge is -1.99. The molecular weight excluding hydrogens is 256 g/mol. The van der Waals surface area contributed by atoms with Gasteiger partial charge in [0.05, 0.1) is 7.11 Å². The van der Waals surface area contributed by atoms with Crippen LogP contribution in [0.25, 0.3) is 0 Å². The summed E-state index contributed by atoms with van der Waals surface area (Å²) in [5, 5.41) is 0. The summed E-state index contributed by atoms with van der Waals surface area (Å²) in [6.07, 6.45) is 3.17. The summed E-state index contributed by atoms with van der Waals surface area (Å²) >= 11 is 0. The quantitative estimate of drug-likeness (QED) is 0.468. The molecule has 0 aromatic carbocycles. The number of carbonyl (C=O) groups excluding carboxylic acids is 2. The van der Waals surface area contributed by atoms with Crippen LogP contribution in [0.3, 0.4) is 0 Å². The van der Waals surface area contributed by atoms with E-state index < -0.39 is 11.8 Å². The van der Waals surface area contributed by atoms with E-state index in [2.05, 4.69) is 26.5 Å². The Morgan fingerprint density at radius 3 is 2.65 bits per heavy atom. The molecule has 2 rings (SSSR count). The third kappa shape index (κ3) is 3.27. The fourth-order valence-electron chi connectivity index (χ4n) is 1.41. The first kappa shape index (κ1) is 13.4. The zero-order valence-electron chi connectivity index (χ0n) is 10.7. The summed E-state index contributed by atoms with van der Waals surface area (Å²) in [4.78, 5) is 31.0. The number of nitrogens with zero attached hydrogens (tertiary/aromatic N) is 2. The molecule has 0 bridgehead atoms. The van der Waals surface area contributed by atoms with Gasteiger partial charge in [0, 0.05) is 18.0 Å². The second-order valence-electron chi connectivity index (χ2n) is 3.72. The number of Topliss-reactive ketones (excluding diaryl/α,β-unsaturated/α-hetero) is 1. The molecule has 0 amide bonds. The molecule has 0 saturated carbocycles. The van der Waals surface area contributed by atoms with Gasteiger partial charge in [-0.1, -0.05) is 12.0 Å². The molecule has 98 valence electrons. The molecule has 0 fully saturated rings. The average molecular weight is 266 g/mol. The van der Waals surface area contributed by atoms with Crippen molar-refractivity contribution in [2.75, 3.05) is 7.11 Å². The summed E-state index contributed by atoms with van der Waals surface area (Å²) in [5.41, 5.74) is 0.802. The van der Waals surface area contributed by atoms with E-state index in [0.717, 1.165) is 0 Å². The van der Waals surface area contributed by atoms with Crippen LogP contribution in [-0.4, -0.2) is 28.8 Å². The van der Waals surface area contributed by atoms with Crippen molar-refractivity contribution in [2.24, 2.45) is 0 Å². The van der Waals surface area contributed by atoms with Crippen molar-refractivity contribution < 1.29 is 14.3 Å². The molecule has 5 heteroatoms. The van der Waals surface area contributed by atoms with Gasteiger partial charge in [0.25, 0.3) is 5.78 Å². The molecule has 0 radical (unpaired) electrons. The number of methoxy groups -OCH3 is 1. The maximum atomic E-state index is 11.9. The standard InChI is InChI=1S/C15H10N2O3/c1-20-15(19)13-6-2-5-12(17-13)14(18)8-7-11-4-3-9-16-10-11/h2-6,9-10H,1H3. The minimum Gasteiger partial charge on any atom is -0.464 e. The number of esters is 1. The molecule has 20 heavy (non-hydrogen) atoms. The second kappa shape index (κ2) is 6.25. The van der Waals surface area contributed by atoms with Crippen molar-refractivity contribution in [1.29, 1.82) is 0 Å². The minimum absolute atomic E-state index is 0.0709. The molecular formula is C15H10N2O3. The molecule has 2 aromatic rings. The van der Waals surface area contributed by atoms with Crippen molar-refractivity contribution in [3.05, 3.63) is 59.7 Å². The first-order valence-corrected chi connectivity index (χ1v) is 5.72. The van der Waals surface area contributed by atoms with Crippen molar-refractivity contribution >= 4 is 11.8 Å². The number of ether oxygens (including phenoxy) is 1. The van der Waals surface area contributed by atoms with E-state index in [1.807, 2.05) is 0 Å². The van der Waals surface area contributed by atoms with Crippen molar-refractivity contribution in [3.63, 3.8) is 0 Å². The summed E-state index contributed by atoms with van der Waals surface area (Å²) < 4.78 is 4.54. The molecule has 0 atom stereocenters. The van der Waals surface area contributed by atoms with Crippen molar-refractivity contribution in [3.8, 4) is 11.8 Å². The average Bonchev–Trinajstić information content (AvgIpc) is 2.53. The van der Waals surface area contributed by atoms with E-state index in [1.165, 1.54) is 19.2 Å². The van der Waals surface area contributed by atoms with Gasteiger partial charge in [-0.3, -0.25) is 9.78 Å². The molecule has 0 aliphatic heterocycles. The van der Waals surface area contributed by atoms with Crippen LogP contribution in [0.5, 0.6) is 0 Å². The topological polar surface area (TPSA) is 69.2 Å². The van der Waals surface area contributed by atoms with E-state index in [0.29, 0.717) is 5.56 Å². The third-order valence-corrected chi connectivity index (χ3v) is 2.36. The van der Waals surface area contributed by atoms with Gasteiger partial charge >= 0.3 is 5.97 Å². The van der Waals surface area contributed by atoms with Gasteiger partial charge in [0.15, 0.2) is 0 Å². The Balaban J connectivity index is 2.22. The number of hydrogen-bond acceptors (Lipinski definition) is 5. The minimum atomic E-state index is -0.597. The monoisotopic (exact) mass is 266 g/mol. The lowest BCUT2D eigenvalue weighted by Crippen LogP contribution is -2.08. The predicted octanol–water partition coefficient (Wildman–Crippen LogP) is 1.50. The number of hydrogen-bond donors (Lipinski definition) is 0. The van der Waals surface area contributed by atoms with Crippen LogP contribution >= 0.6 is 0 Å². The fraction of sp³-hybridized carbons (Fsp3) is 0.0667. The van der Waals surface area contributed by atoms with Crippen LogP contribution in [0.15, 0.2) is 42.7 Å². The maximum Gasteiger partial charge on any atom is 0.356 e. The third-order valence-electron chi connectivity index (χ3n) is 2.36. The number of carbonyl (C=O) groups is 2. The number of pyridine rings is 2. The molecule has 0 spiro atoms. The lowest BCUT2D eigenvalue weighted by atomic mass is 10.2. The van der Waals surface area contributed by atoms with Gasteiger partial charge in [-0.15, -0.1) is 0 Å². The highest BCUT2D eigenvalue weighted by Gasteiger charge is 2.10. The van der Waals surface area contributed by atoms with E-state index in [4.69, 9.17) is 0 Å². The Morgan fingerprint density at radius 1 is 1.15 bits per heavy atom. The van der Waals surface area contributed by atoms with E-state index in [-0.39, 0.29) is 11.4 Å². The first-order chi connectivity index (χ1) is 9.70. The van der Waals surface area contributed by atoms with E-state index in [1.54, 1.807) is 30.6 Å². The summed E-state index contributed by atoms with van der Waals surface area (Å²) in [6, 6.07) is 7.98. The molecule has 0 aliphatic rings. The van der Waals surface area contributed by atoms with Crippen LogP contribution in [0.2, 0.25) is 0 Å². The Bertz CT molecular complexity index is 700. The Morgan fingerprint density at radius 2 is 1.95 bits per heavy atom. The van der Waals surface area contributed by atoms with Gasteiger partial charge in [-0.25, -0.2) is 9.78 Å². The SMILES string of the molecule is COC(=O)c1cccc(C(=O)C#Cc2cccnc2)n1. The number of aromatic nitrogens is 2. The Labute approximate surface area is 115 Å². The fourth-order valence-corrected chi connectivity index (χ4v) is 1.41. The Kier molecular flexibility index (Phi) is 4.20. The van der Waals surface area contributed by atoms with Gasteiger partial charge in [0.2, 0.25) is 0 Å². The van der Waals surface area contributed by atoms with Crippen LogP contribution in [0.4, 0.5) is 0 Å². The second-order valence-corrected chi connectivity index (χ2v) is 3.72. The largest absolute Gasteiger partial charge is 0.464 e. The van der Waals surface area contributed by atoms with E-state index >= 15 is 0 Å². The van der Waals surface area contributed by atoms with Crippen LogP contribution in [-0.2, 0) is 4.74 Å². The number of rotatable bonds is 2. The first-order valence-electron chi connectivity index (χ1n) is 5.72. The van der Waals surface area contributed by atoms with Crippen molar-refractivity contribution in [1.82, 2.24) is 9.97 Å². The summed E-state index contributed by atoms with van der Waals surface area (Å²) in [6.45, 7) is 0. The van der Waals surface area contributed by atoms with Gasteiger partial charge < -0.3 is 4.74 Å². The van der Waals surface area contributed by atoms with Gasteiger partial charge in [0.1, 0.15) is 11.4 Å². The summed E-state index contributed by atoms with van der Waals surface area (Å²) in [5.74, 6) is 4.07. The maximum absolute atomic E-state index is 11.9. The van der Waals surface area contributed by atoms with Crippen molar-refractivity contribution in [2.45, 2.75) is 0 Å². The van der Waals surface area contributed by atoms with Crippen LogP contribution in [0.1, 0.15) is 26.5 Å². The molecule has 0 aliphatic carbocycles.